The first-order valence-corrected chi connectivity index (χ1v) is 17.3. The summed E-state index contributed by atoms with van der Waals surface area (Å²) >= 11 is 29.1. The fraction of sp³-hybridized carbons (Fsp3) is 0.424. The van der Waals surface area contributed by atoms with E-state index < -0.39 is 21.0 Å². The number of nitrogens with zero attached hydrogens (tertiary/aromatic N) is 5. The Morgan fingerprint density at radius 3 is 2.06 bits per heavy atom. The zero-order chi connectivity index (χ0) is 36.4. The molecule has 0 spiro atoms. The van der Waals surface area contributed by atoms with Gasteiger partial charge in [-0.25, -0.2) is 23.8 Å². The molecule has 0 fully saturated rings. The smallest absolute Gasteiger partial charge is 0.375 e. The lowest BCUT2D eigenvalue weighted by molar-refractivity contribution is -0.143. The number of halogens is 5. The van der Waals surface area contributed by atoms with Gasteiger partial charge in [-0.05, 0) is 75.4 Å². The number of carbonyl (C=O) groups excluding carboxylic acids is 1. The third-order valence-electron chi connectivity index (χ3n) is 7.53. The van der Waals surface area contributed by atoms with Crippen LogP contribution in [0.15, 0.2) is 35.1 Å². The first kappa shape index (κ1) is 38.7. The molecule has 0 bridgehead atoms. The molecule has 0 radical (unpaired) electrons. The minimum atomic E-state index is -1.97. The number of rotatable bonds is 6. The van der Waals surface area contributed by atoms with Crippen LogP contribution in [0.2, 0.25) is 10.0 Å². The van der Waals surface area contributed by atoms with Crippen LogP contribution in [0.1, 0.15) is 67.8 Å². The Balaban J connectivity index is 0.000000237. The van der Waals surface area contributed by atoms with Gasteiger partial charge in [0.25, 0.3) is 11.4 Å². The number of aryl methyl sites for hydroxylation is 3. The number of carbonyl (C=O) groups is 2. The summed E-state index contributed by atoms with van der Waals surface area (Å²) in [5.74, 6) is -2.08. The molecule has 0 saturated carbocycles. The predicted octanol–water partition coefficient (Wildman–Crippen LogP) is 7.83. The molecule has 3 heterocycles. The van der Waals surface area contributed by atoms with Gasteiger partial charge in [0, 0.05) is 5.02 Å². The van der Waals surface area contributed by atoms with Crippen LogP contribution >= 0.6 is 58.0 Å². The van der Waals surface area contributed by atoms with Gasteiger partial charge in [0.05, 0.1) is 42.4 Å². The first-order chi connectivity index (χ1) is 22.9. The highest BCUT2D eigenvalue weighted by molar-refractivity contribution is 6.66. The van der Waals surface area contributed by atoms with E-state index in [4.69, 9.17) is 72.6 Å². The molecule has 0 amide bonds. The Bertz CT molecular complexity index is 1910. The molecule has 264 valence electrons. The summed E-state index contributed by atoms with van der Waals surface area (Å²) in [7, 11) is 0. The molecule has 16 heteroatoms. The summed E-state index contributed by atoms with van der Waals surface area (Å²) in [6, 6.07) is 8.74. The number of ether oxygens (including phenoxy) is 2. The van der Waals surface area contributed by atoms with Crippen molar-refractivity contribution in [3.8, 4) is 22.7 Å². The summed E-state index contributed by atoms with van der Waals surface area (Å²) in [5.41, 5.74) is 4.28. The molecule has 0 aliphatic carbocycles. The summed E-state index contributed by atoms with van der Waals surface area (Å²) in [4.78, 5) is 40.9. The van der Waals surface area contributed by atoms with E-state index in [2.05, 4.69) is 43.0 Å². The number of hydrogen-bond acceptors (Lipinski definition) is 7. The fourth-order valence-electron chi connectivity index (χ4n) is 5.20. The maximum Gasteiger partial charge on any atom is 0.375 e. The number of hydrogen-bond donors (Lipinski definition) is 1. The van der Waals surface area contributed by atoms with Crippen LogP contribution in [-0.4, -0.2) is 54.4 Å². The number of aromatic carboxylic acids is 1. The number of alkyl halides is 3. The number of esters is 1. The molecule has 1 aliphatic heterocycles. The van der Waals surface area contributed by atoms with E-state index in [1.165, 1.54) is 23.8 Å². The molecule has 0 saturated heterocycles. The molecule has 11 nitrogen and oxygen atoms in total. The van der Waals surface area contributed by atoms with Gasteiger partial charge in [-0.1, -0.05) is 89.5 Å². The van der Waals surface area contributed by atoms with E-state index in [1.54, 1.807) is 9.36 Å². The molecule has 4 aromatic rings. The van der Waals surface area contributed by atoms with Gasteiger partial charge in [0.15, 0.2) is 5.82 Å². The zero-order valence-electron chi connectivity index (χ0n) is 27.7. The third-order valence-corrected chi connectivity index (χ3v) is 8.58. The zero-order valence-corrected chi connectivity index (χ0v) is 31.5. The van der Waals surface area contributed by atoms with Crippen molar-refractivity contribution in [3.63, 3.8) is 0 Å². The summed E-state index contributed by atoms with van der Waals surface area (Å²) in [6.07, 6.45) is 1.59. The lowest BCUT2D eigenvalue weighted by atomic mass is 9.91. The minimum absolute atomic E-state index is 0.125. The lowest BCUT2D eigenvalue weighted by Gasteiger charge is -2.19. The molecule has 0 unspecified atom stereocenters. The standard InChI is InChI=1S/C23H32N2O4.C10H4Cl5N3O2/c1-7-16-13-15(3)14-17(8-2)18(16)19-20(26)24-9-11-28-12-10-25(24)21(19)29-22(27)23(4,5)6;11-4-1-2-6(5(12)3-4)18-9(10(13,14)15)16-7(17-18)8(19)20/h13-14H,7-12H2,1-6H3;1-3H,(H,19,20). The van der Waals surface area contributed by atoms with E-state index >= 15 is 0 Å². The van der Waals surface area contributed by atoms with Crippen LogP contribution < -0.4 is 10.3 Å². The predicted molar refractivity (Wildman–Crippen MR) is 191 cm³/mol. The van der Waals surface area contributed by atoms with Crippen molar-refractivity contribution in [1.82, 2.24) is 24.1 Å². The van der Waals surface area contributed by atoms with Crippen LogP contribution in [-0.2, 0) is 39.3 Å². The van der Waals surface area contributed by atoms with Crippen molar-refractivity contribution in [2.75, 3.05) is 13.2 Å². The van der Waals surface area contributed by atoms with Crippen molar-refractivity contribution in [2.45, 2.75) is 71.3 Å². The first-order valence-electron chi connectivity index (χ1n) is 15.4. The van der Waals surface area contributed by atoms with Gasteiger partial charge < -0.3 is 14.6 Å². The number of aromatic nitrogens is 5. The summed E-state index contributed by atoms with van der Waals surface area (Å²) < 4.78 is 14.0. The van der Waals surface area contributed by atoms with Gasteiger partial charge >= 0.3 is 11.9 Å². The Labute approximate surface area is 308 Å². The molecule has 0 atom stereocenters. The van der Waals surface area contributed by atoms with Crippen LogP contribution in [0, 0.1) is 12.3 Å². The van der Waals surface area contributed by atoms with Crippen LogP contribution in [0.5, 0.6) is 5.88 Å². The Morgan fingerprint density at radius 1 is 0.959 bits per heavy atom. The molecule has 49 heavy (non-hydrogen) atoms. The van der Waals surface area contributed by atoms with Crippen LogP contribution in [0.4, 0.5) is 0 Å². The van der Waals surface area contributed by atoms with E-state index in [0.29, 0.717) is 42.8 Å². The van der Waals surface area contributed by atoms with Crippen LogP contribution in [0.25, 0.3) is 16.8 Å². The molecule has 2 aromatic carbocycles. The highest BCUT2D eigenvalue weighted by Gasteiger charge is 2.34. The quantitative estimate of drug-likeness (QED) is 0.155. The van der Waals surface area contributed by atoms with Gasteiger partial charge in [0.2, 0.25) is 9.67 Å². The summed E-state index contributed by atoms with van der Waals surface area (Å²) in [5, 5.41) is 13.3. The topological polar surface area (TPSA) is 130 Å². The minimum Gasteiger partial charge on any atom is -0.475 e. The van der Waals surface area contributed by atoms with Gasteiger partial charge in [-0.15, -0.1) is 5.10 Å². The van der Waals surface area contributed by atoms with Gasteiger partial charge in [0.1, 0.15) is 5.56 Å². The van der Waals surface area contributed by atoms with Crippen molar-refractivity contribution < 1.29 is 24.2 Å². The lowest BCUT2D eigenvalue weighted by Crippen LogP contribution is -2.27. The highest BCUT2D eigenvalue weighted by atomic mass is 35.6. The SMILES string of the molecule is CCc1cc(C)cc(CC)c1-c1c(OC(=O)C(C)(C)C)n2n(c1=O)CCOCC2.O=C(O)c1nc(C(Cl)(Cl)Cl)n(-c2ccc(Cl)cc2Cl)n1. The molecule has 1 aliphatic rings. The average Bonchev–Trinajstić information content (AvgIpc) is 3.46. The van der Waals surface area contributed by atoms with Gasteiger partial charge in [-0.3, -0.25) is 9.59 Å². The van der Waals surface area contributed by atoms with Crippen LogP contribution in [0.3, 0.4) is 0 Å². The van der Waals surface area contributed by atoms with Crippen molar-refractivity contribution >= 4 is 69.9 Å². The van der Waals surface area contributed by atoms with E-state index in [1.807, 2.05) is 20.8 Å². The second-order valence-corrected chi connectivity index (χ2v) is 15.3. The normalized spacial score (nSPS) is 13.3. The van der Waals surface area contributed by atoms with E-state index in [0.717, 1.165) is 34.2 Å². The van der Waals surface area contributed by atoms with Crippen molar-refractivity contribution in [1.29, 1.82) is 0 Å². The second-order valence-electron chi connectivity index (χ2n) is 12.2. The number of carboxylic acids is 1. The van der Waals surface area contributed by atoms with E-state index in [-0.39, 0.29) is 28.1 Å². The fourth-order valence-corrected chi connectivity index (χ4v) is 6.06. The summed E-state index contributed by atoms with van der Waals surface area (Å²) in [6.45, 7) is 13.5. The molecular formula is C33H36Cl5N5O6. The largest absolute Gasteiger partial charge is 0.475 e. The van der Waals surface area contributed by atoms with Gasteiger partial charge in [-0.2, -0.15) is 0 Å². The Morgan fingerprint density at radius 2 is 1.55 bits per heavy atom. The Kier molecular flexibility index (Phi) is 12.2. The number of fused-ring (bicyclic) bond motifs is 1. The second kappa shape index (κ2) is 15.4. The third kappa shape index (κ3) is 8.64. The maximum atomic E-state index is 13.5. The average molecular weight is 776 g/mol. The number of carboxylic acid groups (broad SMARTS) is 1. The Hall–Kier alpha value is -3.06. The van der Waals surface area contributed by atoms with E-state index in [9.17, 15) is 14.4 Å². The van der Waals surface area contributed by atoms with Crippen molar-refractivity contribution in [2.24, 2.45) is 5.41 Å². The molecule has 1 N–H and O–H groups in total. The maximum absolute atomic E-state index is 13.5. The molecule has 5 rings (SSSR count). The molecule has 2 aromatic heterocycles. The molecular weight excluding hydrogens is 740 g/mol. The highest BCUT2D eigenvalue weighted by Crippen LogP contribution is 2.39. The van der Waals surface area contributed by atoms with Crippen molar-refractivity contribution in [3.05, 3.63) is 79.1 Å². The monoisotopic (exact) mass is 773 g/mol. The number of benzene rings is 2.